The third-order valence-electron chi connectivity index (χ3n) is 8.19. The summed E-state index contributed by atoms with van der Waals surface area (Å²) in [6, 6.07) is 11.9. The Morgan fingerprint density at radius 2 is 1.84 bits per heavy atom. The highest BCUT2D eigenvalue weighted by molar-refractivity contribution is 6.30. The van der Waals surface area contributed by atoms with Crippen molar-refractivity contribution in [2.45, 2.75) is 58.2 Å². The number of imidazole rings is 1. The van der Waals surface area contributed by atoms with Crippen LogP contribution in [0.5, 0.6) is 11.5 Å². The number of carbonyl (C=O) groups is 2. The molecule has 1 unspecified atom stereocenters. The Morgan fingerprint density at radius 3 is 2.46 bits per heavy atom. The van der Waals surface area contributed by atoms with Crippen LogP contribution in [0, 0.1) is 5.82 Å². The molecule has 2 aliphatic rings. The van der Waals surface area contributed by atoms with Gasteiger partial charge >= 0.3 is 18.1 Å². The zero-order valence-corrected chi connectivity index (χ0v) is 26.9. The summed E-state index contributed by atoms with van der Waals surface area (Å²) in [6.45, 7) is 4.93. The summed E-state index contributed by atoms with van der Waals surface area (Å²) in [6.07, 6.45) is -1.98. The first-order valence-electron chi connectivity index (χ1n) is 14.9. The largest absolute Gasteiger partial charge is 0.490 e. The summed E-state index contributed by atoms with van der Waals surface area (Å²) < 4.78 is 66.3. The van der Waals surface area contributed by atoms with Gasteiger partial charge in [0.15, 0.2) is 17.1 Å². The van der Waals surface area contributed by atoms with E-state index in [1.54, 1.807) is 32.2 Å². The fraction of sp³-hybridized carbons (Fsp3) is 0.394. The number of ether oxygens (including phenoxy) is 3. The summed E-state index contributed by atoms with van der Waals surface area (Å²) in [5, 5.41) is 16.2. The number of benzene rings is 2. The third kappa shape index (κ3) is 8.26. The first-order valence-corrected chi connectivity index (χ1v) is 15.3. The molecule has 2 N–H and O–H groups in total. The van der Waals surface area contributed by atoms with Crippen molar-refractivity contribution in [1.29, 1.82) is 0 Å². The molecule has 2 aromatic heterocycles. The zero-order chi connectivity index (χ0) is 35.5. The van der Waals surface area contributed by atoms with E-state index in [1.807, 2.05) is 16.7 Å². The Labute approximate surface area is 289 Å². The molecule has 0 bridgehead atoms. The lowest BCUT2D eigenvalue weighted by molar-refractivity contribution is -0.192. The zero-order valence-electron chi connectivity index (χ0n) is 26.2. The number of aliphatic carboxylic acids is 1. The van der Waals surface area contributed by atoms with Crippen LogP contribution in [0.2, 0.25) is 5.02 Å². The lowest BCUT2D eigenvalue weighted by Gasteiger charge is -2.32. The van der Waals surface area contributed by atoms with Gasteiger partial charge in [-0.3, -0.25) is 9.79 Å². The van der Waals surface area contributed by atoms with Gasteiger partial charge in [0.2, 0.25) is 0 Å². The lowest BCUT2D eigenvalue weighted by Crippen LogP contribution is -2.34. The van der Waals surface area contributed by atoms with E-state index >= 15 is 0 Å². The van der Waals surface area contributed by atoms with Crippen LogP contribution in [0.3, 0.4) is 0 Å². The van der Waals surface area contributed by atoms with E-state index in [1.165, 1.54) is 12.3 Å². The summed E-state index contributed by atoms with van der Waals surface area (Å²) >= 11 is 5.96. The molecule has 17 heteroatoms. The molecule has 1 fully saturated rings. The molecule has 12 nitrogen and oxygen atoms in total. The maximum absolute atomic E-state index is 14.8. The van der Waals surface area contributed by atoms with E-state index < -0.39 is 29.7 Å². The number of hydrogen-bond donors (Lipinski definition) is 2. The van der Waals surface area contributed by atoms with Crippen molar-refractivity contribution < 1.29 is 56.6 Å². The van der Waals surface area contributed by atoms with E-state index in [2.05, 4.69) is 20.8 Å². The fourth-order valence-electron chi connectivity index (χ4n) is 5.81. The fourth-order valence-corrected chi connectivity index (χ4v) is 5.97. The van der Waals surface area contributed by atoms with E-state index in [0.717, 1.165) is 37.3 Å². The quantitative estimate of drug-likeness (QED) is 0.112. The molecule has 0 spiro atoms. The Hall–Kier alpha value is -4.51. The number of carbonyl (C=O) groups excluding carboxylic acids is 1. The van der Waals surface area contributed by atoms with Gasteiger partial charge in [-0.15, -0.1) is 0 Å². The molecule has 4 heterocycles. The number of methoxy groups -OCH3 is 1. The van der Waals surface area contributed by atoms with Gasteiger partial charge in [0.25, 0.3) is 5.79 Å². The first-order chi connectivity index (χ1) is 23.2. The van der Waals surface area contributed by atoms with Gasteiger partial charge in [0.1, 0.15) is 11.6 Å². The number of pyridine rings is 1. The minimum atomic E-state index is -5.08. The number of piperidine rings is 1. The number of aromatic nitrogens is 3. The number of para-hydroxylation sites is 1. The standard InChI is InChI=1S/C30H30ClFN4O6.C2HF3O2.CH4/c1-30(22-7-6-20(31)15-23(22)32)40-25-5-3-4-21(27(25)41-30)18-8-10-35(11-9-18)17-26-34-28-24(36(26)12-13-39-2)14-19(16-33-28)29(37)42-38;3-2(4,5)1(6)7;/h3-7,14-16,18,38H,8-13,17H2,1-2H3;(H,6,7);1H4. The highest BCUT2D eigenvalue weighted by atomic mass is 35.5. The van der Waals surface area contributed by atoms with Gasteiger partial charge < -0.3 is 23.9 Å². The number of alkyl halides is 3. The van der Waals surface area contributed by atoms with Crippen molar-refractivity contribution >= 4 is 34.7 Å². The molecule has 0 aliphatic carbocycles. The second-order valence-electron chi connectivity index (χ2n) is 11.4. The molecule has 0 radical (unpaired) electrons. The summed E-state index contributed by atoms with van der Waals surface area (Å²) in [5.74, 6) is -3.13. The molecule has 6 rings (SSSR count). The van der Waals surface area contributed by atoms with Crippen LogP contribution in [0.25, 0.3) is 11.2 Å². The minimum Gasteiger partial charge on any atom is -0.475 e. The molecule has 2 aliphatic heterocycles. The van der Waals surface area contributed by atoms with Crippen LogP contribution >= 0.6 is 11.6 Å². The van der Waals surface area contributed by atoms with Crippen molar-refractivity contribution in [2.24, 2.45) is 0 Å². The lowest BCUT2D eigenvalue weighted by atomic mass is 9.88. The van der Waals surface area contributed by atoms with Crippen molar-refractivity contribution in [3.05, 3.63) is 82.0 Å². The van der Waals surface area contributed by atoms with Gasteiger partial charge in [0.05, 0.1) is 29.8 Å². The SMILES string of the molecule is C.COCCn1c(CN2CCC(c3cccc4c3OC(C)(c3ccc(Cl)cc3F)O4)CC2)nc2ncc(C(=O)OO)cc21.O=C(O)C(F)(F)F. The number of nitrogens with zero attached hydrogens (tertiary/aromatic N) is 4. The average Bonchev–Trinajstić information content (AvgIpc) is 3.59. The summed E-state index contributed by atoms with van der Waals surface area (Å²) in [7, 11) is 1.63. The molecule has 50 heavy (non-hydrogen) atoms. The van der Waals surface area contributed by atoms with E-state index in [4.69, 9.17) is 46.0 Å². The molecule has 0 saturated carbocycles. The van der Waals surface area contributed by atoms with E-state index in [9.17, 15) is 22.4 Å². The smallest absolute Gasteiger partial charge is 0.475 e. The van der Waals surface area contributed by atoms with E-state index in [0.29, 0.717) is 47.4 Å². The van der Waals surface area contributed by atoms with E-state index in [-0.39, 0.29) is 24.5 Å². The maximum Gasteiger partial charge on any atom is 0.490 e. The Morgan fingerprint density at radius 1 is 1.14 bits per heavy atom. The van der Waals surface area contributed by atoms with Gasteiger partial charge in [-0.25, -0.2) is 23.9 Å². The molecule has 270 valence electrons. The number of rotatable bonds is 8. The predicted molar refractivity (Wildman–Crippen MR) is 172 cm³/mol. The van der Waals surface area contributed by atoms with Crippen LogP contribution in [0.15, 0.2) is 48.7 Å². The number of carboxylic acid groups (broad SMARTS) is 1. The molecule has 0 amide bonds. The monoisotopic (exact) mass is 726 g/mol. The third-order valence-corrected chi connectivity index (χ3v) is 8.42. The maximum atomic E-state index is 14.8. The van der Waals surface area contributed by atoms with Crippen LogP contribution in [0.4, 0.5) is 17.6 Å². The van der Waals surface area contributed by atoms with Crippen LogP contribution in [-0.4, -0.2) is 74.7 Å². The summed E-state index contributed by atoms with van der Waals surface area (Å²) in [4.78, 5) is 36.0. The molecule has 1 saturated heterocycles. The molecule has 2 aromatic carbocycles. The number of hydrogen-bond acceptors (Lipinski definition) is 10. The average molecular weight is 727 g/mol. The highest BCUT2D eigenvalue weighted by Gasteiger charge is 2.43. The van der Waals surface area contributed by atoms with Crippen LogP contribution in [-0.2, 0) is 33.3 Å². The van der Waals surface area contributed by atoms with Gasteiger partial charge in [-0.1, -0.05) is 31.2 Å². The van der Waals surface area contributed by atoms with Crippen molar-refractivity contribution in [3.63, 3.8) is 0 Å². The minimum absolute atomic E-state index is 0. The van der Waals surface area contributed by atoms with Crippen molar-refractivity contribution in [2.75, 3.05) is 26.8 Å². The number of likely N-dealkylation sites (tertiary alicyclic amines) is 1. The molecular weight excluding hydrogens is 692 g/mol. The first kappa shape index (κ1) is 38.3. The van der Waals surface area contributed by atoms with Gasteiger partial charge in [-0.2, -0.15) is 18.4 Å². The van der Waals surface area contributed by atoms with Crippen molar-refractivity contribution in [3.8, 4) is 11.5 Å². The highest BCUT2D eigenvalue weighted by Crippen LogP contribution is 2.49. The number of carboxylic acids is 1. The molecular formula is C33H35ClF4N4O8. The Kier molecular flexibility index (Phi) is 11.9. The number of fused-ring (bicyclic) bond motifs is 2. The molecule has 1 atom stereocenters. The van der Waals surface area contributed by atoms with Crippen LogP contribution < -0.4 is 9.47 Å². The Bertz CT molecular complexity index is 1850. The molecule has 4 aromatic rings. The predicted octanol–water partition coefficient (Wildman–Crippen LogP) is 6.79. The van der Waals surface area contributed by atoms with Gasteiger partial charge in [-0.05, 0) is 62.2 Å². The van der Waals surface area contributed by atoms with Gasteiger partial charge in [0, 0.05) is 37.4 Å². The second-order valence-corrected chi connectivity index (χ2v) is 11.9. The summed E-state index contributed by atoms with van der Waals surface area (Å²) in [5.41, 5.74) is 2.63. The number of halogens is 5. The normalized spacial score (nSPS) is 17.5. The second kappa shape index (κ2) is 15.6. The van der Waals surface area contributed by atoms with Crippen molar-refractivity contribution in [1.82, 2.24) is 19.4 Å². The Balaban J connectivity index is 0.000000638. The van der Waals surface area contributed by atoms with Crippen LogP contribution in [0.1, 0.15) is 60.4 Å². The topological polar surface area (TPSA) is 145 Å².